The van der Waals surface area contributed by atoms with E-state index in [0.29, 0.717) is 60.0 Å². The maximum absolute atomic E-state index is 10.6. The van der Waals surface area contributed by atoms with Crippen LogP contribution in [0.3, 0.4) is 0 Å². The quantitative estimate of drug-likeness (QED) is 0.0663. The largest absolute Gasteiger partial charge is 0.388 e. The third-order valence-corrected chi connectivity index (χ3v) is 27.6. The number of aliphatic hydroxyl groups is 8. The highest BCUT2D eigenvalue weighted by atomic mass is 31.2. The van der Waals surface area contributed by atoms with E-state index >= 15 is 0 Å². The lowest BCUT2D eigenvalue weighted by molar-refractivity contribution is -0.0709. The maximum atomic E-state index is 10.6. The standard InChI is InChI=1S/C17H30N3O3P.2C16H28N3O3P.2C15H26N3O3P/c1-12-18-14(19(2)3)8-10-20(12)17-16(22-4)15(21)13(23-17)9-11-24(5,6)7;1-11-17-13(18(2)3)7-9-19(11)16-15(21)14(20)12(22-16)8-10-23(4,5)6;1-11-18-13(17-2)7-9-19(11)16-15(21-3)14(20)12(22-16)8-10-23(4,5)6;1-10-17(2)12(16)6-8-18(10)15-14(20)13(19)11(21-15)7-9-22(3,4)5;1-10-17-12(16-2)6-8-18(10)15-14(20)13(19)11(21-15)7-9-22(3,4)5/h8,10,13,15-17,21H,1,5,9,11H2,2-4,6-7H3;7,9,12,14-16,20-21H,1,4,8,10H2,2-3,5-6H3;7,9,12,14-16,20H,1,4,8,10H2,2-3,5-6H3,(H,17,18);6,8,11,13-16,19-20H,1,3,7,9H2,2,4-5H3;6,8,11,13-15,19-20H,1,3,7,9H2,2,4-5H3,(H,16,17)/t13-,15-,16-,17-;2*12-,14-,15-,16-;2*11-,13-,14-,15-/m11111/s1. The van der Waals surface area contributed by atoms with Crippen LogP contribution in [-0.2, 0) is 33.2 Å². The summed E-state index contributed by atoms with van der Waals surface area (Å²) in [5.74, 6) is 6.15. The van der Waals surface area contributed by atoms with Gasteiger partial charge in [0.2, 0.25) is 0 Å². The molecule has 35 heteroatoms. The Kier molecular flexibility index (Phi) is 35.5. The van der Waals surface area contributed by atoms with Gasteiger partial charge in [-0.3, -0.25) is 15.4 Å². The molecule has 10 aliphatic heterocycles. The second-order valence-corrected chi connectivity index (χ2v) is 55.4. The van der Waals surface area contributed by atoms with E-state index in [4.69, 9.17) is 38.6 Å². The molecular weight excluding hydrogens is 1550 g/mol. The number of methoxy groups -OCH3 is 2. The lowest BCUT2D eigenvalue weighted by Gasteiger charge is -2.37. The molecule has 0 aromatic rings. The smallest absolute Gasteiger partial charge is 0.164 e. The summed E-state index contributed by atoms with van der Waals surface area (Å²) in [4.78, 5) is 31.1. The average Bonchev–Trinajstić information content (AvgIpc) is 1.65. The molecule has 0 aromatic carbocycles. The fraction of sp³-hybridized carbons (Fsp3) is 0.620. The van der Waals surface area contributed by atoms with Crippen molar-refractivity contribution >= 4 is 95.1 Å². The third-order valence-electron chi connectivity index (χ3n) is 20.3. The molecule has 20 atom stereocenters. The SMILES string of the molecule is C=C1N(C)C(=N)C=CN1[C@@H]1O[C@H](CCP(=C)(C)C)[C@@H](O)[C@H]1O.C=C1N=C(N(C)C)C=CN1[C@@H]1O[C@H](CCP(=C)(C)C)[C@@H](O)[C@H]1O.C=C1N=C(N(C)C)C=CN1[C@@H]1O[C@H](CCP(=C)(C)C)[C@@H](O)[C@H]1OC.C=C1NC(=NC)C=CN1[C@@H]1O[C@H](CCP(=C)(C)C)[C@@H](O)[C@H]1O.C=C1NC(=NC)C=CN1[C@@H]1O[C@H](CCP(=C)(C)C)[C@@H](O)[C@H]1OC. The van der Waals surface area contributed by atoms with Crippen LogP contribution in [0.1, 0.15) is 32.1 Å². The first-order valence-electron chi connectivity index (χ1n) is 38.1. The summed E-state index contributed by atoms with van der Waals surface area (Å²) in [7, 11) is 16.0. The van der Waals surface area contributed by atoms with E-state index in [9.17, 15) is 40.9 Å². The van der Waals surface area contributed by atoms with Crippen LogP contribution >= 0.6 is 34.4 Å². The highest BCUT2D eigenvalue weighted by Crippen LogP contribution is 2.44. The number of hydrogen-bond donors (Lipinski definition) is 11. The molecule has 10 heterocycles. The van der Waals surface area contributed by atoms with Crippen molar-refractivity contribution < 1.29 is 74.0 Å². The second kappa shape index (κ2) is 41.6. The monoisotopic (exact) mass is 1690 g/mol. The van der Waals surface area contributed by atoms with Gasteiger partial charge in [-0.15, -0.1) is 65.9 Å². The highest BCUT2D eigenvalue weighted by molar-refractivity contribution is 7.73. The Hall–Kier alpha value is -5.35. The van der Waals surface area contributed by atoms with Gasteiger partial charge in [0, 0.05) is 94.6 Å². The minimum atomic E-state index is -1.20. The molecule has 11 N–H and O–H groups in total. The average molecular weight is 1690 g/mol. The van der Waals surface area contributed by atoms with E-state index in [-0.39, 0.29) is 18.3 Å². The van der Waals surface area contributed by atoms with E-state index < -0.39 is 139 Å². The number of likely N-dealkylation sites (N-methyl/N-ethyl adjacent to an activating group) is 3. The van der Waals surface area contributed by atoms with Crippen LogP contribution in [0.4, 0.5) is 0 Å². The molecule has 0 aliphatic carbocycles. The van der Waals surface area contributed by atoms with Crippen molar-refractivity contribution in [3.8, 4) is 0 Å². The van der Waals surface area contributed by atoms with Gasteiger partial charge in [0.25, 0.3) is 0 Å². The number of nitrogens with one attached hydrogen (secondary N) is 3. The third kappa shape index (κ3) is 27.1. The predicted molar refractivity (Wildman–Crippen MR) is 481 cm³/mol. The number of hydrogen-bond acceptors (Lipinski definition) is 27. The molecule has 0 spiro atoms. The molecule has 0 aromatic heterocycles. The first-order chi connectivity index (χ1) is 52.8. The van der Waals surface area contributed by atoms with Crippen LogP contribution in [0.2, 0.25) is 0 Å². The van der Waals surface area contributed by atoms with Gasteiger partial charge in [-0.2, -0.15) is 0 Å². The molecular formula is C79H138N15O15P5. The summed E-state index contributed by atoms with van der Waals surface area (Å²) in [5, 5.41) is 96.7. The van der Waals surface area contributed by atoms with Crippen LogP contribution in [0.15, 0.2) is 143 Å². The van der Waals surface area contributed by atoms with Crippen molar-refractivity contribution in [3.63, 3.8) is 0 Å². The van der Waals surface area contributed by atoms with Crippen molar-refractivity contribution in [3.05, 3.63) is 123 Å². The number of aliphatic hydroxyl groups excluding tert-OH is 8. The predicted octanol–water partition coefficient (Wildman–Crippen LogP) is 4.54. The fourth-order valence-corrected chi connectivity index (χ4v) is 18.1. The van der Waals surface area contributed by atoms with Crippen LogP contribution in [-0.4, -0.2) is 424 Å². The molecule has 0 amide bonds. The van der Waals surface area contributed by atoms with Crippen molar-refractivity contribution in [2.75, 3.05) is 161 Å². The zero-order chi connectivity index (χ0) is 85.8. The summed E-state index contributed by atoms with van der Waals surface area (Å²) in [6, 6.07) is 0. The van der Waals surface area contributed by atoms with E-state index in [1.54, 1.807) is 85.7 Å². The molecule has 10 aliphatic rings. The molecule has 644 valence electrons. The lowest BCUT2D eigenvalue weighted by atomic mass is 10.1. The second-order valence-electron chi connectivity index (χ2n) is 33.8. The Bertz CT molecular complexity index is 3930. The van der Waals surface area contributed by atoms with Gasteiger partial charge in [0.05, 0.1) is 30.5 Å². The molecule has 0 saturated carbocycles. The fourth-order valence-electron chi connectivity index (χ4n) is 13.4. The van der Waals surface area contributed by atoms with E-state index in [1.165, 1.54) is 0 Å². The van der Waals surface area contributed by atoms with Crippen molar-refractivity contribution in [1.29, 1.82) is 5.41 Å². The number of ether oxygens (including phenoxy) is 7. The van der Waals surface area contributed by atoms with Crippen LogP contribution in [0.25, 0.3) is 0 Å². The Labute approximate surface area is 680 Å². The molecule has 0 unspecified atom stereocenters. The summed E-state index contributed by atoms with van der Waals surface area (Å²) < 4.78 is 40.9. The van der Waals surface area contributed by atoms with Crippen molar-refractivity contribution in [1.82, 2.24) is 49.8 Å². The van der Waals surface area contributed by atoms with Gasteiger partial charge in [0.1, 0.15) is 119 Å². The molecule has 0 bridgehead atoms. The number of amidine groups is 5. The Balaban J connectivity index is 0.000000222. The minimum Gasteiger partial charge on any atom is -0.388 e. The topological polar surface area (TPSA) is 350 Å². The van der Waals surface area contributed by atoms with Crippen LogP contribution in [0, 0.1) is 5.41 Å². The molecule has 10 rings (SSSR count). The van der Waals surface area contributed by atoms with Crippen molar-refractivity contribution in [2.45, 2.75) is 155 Å². The van der Waals surface area contributed by atoms with Gasteiger partial charge in [-0.1, -0.05) is 32.9 Å². The Morgan fingerprint density at radius 3 is 0.974 bits per heavy atom. The first kappa shape index (κ1) is 97.5. The van der Waals surface area contributed by atoms with E-state index in [2.05, 4.69) is 162 Å². The molecule has 114 heavy (non-hydrogen) atoms. The summed E-state index contributed by atoms with van der Waals surface area (Å²) in [5.41, 5.74) is 0. The van der Waals surface area contributed by atoms with E-state index in [1.807, 2.05) is 78.4 Å². The summed E-state index contributed by atoms with van der Waals surface area (Å²) in [6.45, 7) is 35.5. The van der Waals surface area contributed by atoms with Gasteiger partial charge >= 0.3 is 0 Å². The zero-order valence-corrected chi connectivity index (χ0v) is 75.5. The Morgan fingerprint density at radius 1 is 0.421 bits per heavy atom. The summed E-state index contributed by atoms with van der Waals surface area (Å²) >= 11 is 0. The normalized spacial score (nSPS) is 32.5. The molecule has 30 nitrogen and oxygen atoms in total. The van der Waals surface area contributed by atoms with Crippen LogP contribution in [0.5, 0.6) is 0 Å². The van der Waals surface area contributed by atoms with Crippen molar-refractivity contribution in [2.24, 2.45) is 20.0 Å². The van der Waals surface area contributed by atoms with E-state index in [0.717, 1.165) is 61.2 Å². The zero-order valence-electron chi connectivity index (χ0n) is 71.0. The molecule has 5 fully saturated rings. The first-order valence-corrected chi connectivity index (χ1v) is 53.3. The van der Waals surface area contributed by atoms with Gasteiger partial charge in [-0.05, 0) is 160 Å². The number of rotatable bonds is 22. The number of nitrogens with zero attached hydrogens (tertiary/aromatic N) is 12. The number of aliphatic imine (C=N–C) groups is 4. The summed E-state index contributed by atoms with van der Waals surface area (Å²) in [6.07, 6.45) is 34.6. The minimum absolute atomic E-state index is 0.256. The Morgan fingerprint density at radius 2 is 0.684 bits per heavy atom. The van der Waals surface area contributed by atoms with Gasteiger partial charge in [0.15, 0.2) is 31.1 Å². The maximum Gasteiger partial charge on any atom is 0.164 e. The highest BCUT2D eigenvalue weighted by Gasteiger charge is 2.51. The van der Waals surface area contributed by atoms with Gasteiger partial charge < -0.3 is 124 Å². The molecule has 0 radical (unpaired) electrons. The lowest BCUT2D eigenvalue weighted by Crippen LogP contribution is -2.47. The molecule has 5 saturated heterocycles. The van der Waals surface area contributed by atoms with Crippen LogP contribution < -0.4 is 10.6 Å². The van der Waals surface area contributed by atoms with Gasteiger partial charge in [-0.25, -0.2) is 9.98 Å².